The van der Waals surface area contributed by atoms with Crippen molar-refractivity contribution in [2.24, 2.45) is 0 Å². The van der Waals surface area contributed by atoms with Gasteiger partial charge in [0, 0.05) is 62.8 Å². The molecule has 0 N–H and O–H groups in total. The molecule has 3 heterocycles. The minimum atomic E-state index is -0.329. The number of rotatable bonds is 11. The highest BCUT2D eigenvalue weighted by Gasteiger charge is 2.25. The van der Waals surface area contributed by atoms with E-state index < -0.39 is 0 Å². The van der Waals surface area contributed by atoms with E-state index in [1.54, 1.807) is 30.3 Å². The number of piperazine rings is 1. The van der Waals surface area contributed by atoms with Gasteiger partial charge in [0.2, 0.25) is 5.91 Å². The van der Waals surface area contributed by atoms with Crippen LogP contribution in [0.2, 0.25) is 0 Å². The number of aryl methyl sites for hydroxylation is 1. The summed E-state index contributed by atoms with van der Waals surface area (Å²) < 4.78 is 20.4. The second-order valence-corrected chi connectivity index (χ2v) is 10.8. The van der Waals surface area contributed by atoms with Gasteiger partial charge < -0.3 is 14.5 Å². The summed E-state index contributed by atoms with van der Waals surface area (Å²) in [7, 11) is 1.73. The highest BCUT2D eigenvalue weighted by atomic mass is 19.1. The van der Waals surface area contributed by atoms with E-state index in [0.717, 1.165) is 48.5 Å². The van der Waals surface area contributed by atoms with Gasteiger partial charge in [0.05, 0.1) is 0 Å². The number of carbonyl (C=O) groups excluding carboxylic acids is 1. The van der Waals surface area contributed by atoms with Gasteiger partial charge in [-0.25, -0.2) is 24.0 Å². The monoisotopic (exact) mass is 571 g/mol. The Labute approximate surface area is 246 Å². The van der Waals surface area contributed by atoms with E-state index in [9.17, 15) is 9.18 Å². The summed E-state index contributed by atoms with van der Waals surface area (Å²) in [5.41, 5.74) is 3.74. The summed E-state index contributed by atoms with van der Waals surface area (Å²) >= 11 is 0. The second kappa shape index (κ2) is 13.7. The lowest BCUT2D eigenvalue weighted by atomic mass is 10.0. The van der Waals surface area contributed by atoms with Crippen LogP contribution in [0.5, 0.6) is 0 Å². The maximum Gasteiger partial charge on any atom is 0.244 e. The van der Waals surface area contributed by atoms with Crippen LogP contribution in [0.15, 0.2) is 60.9 Å². The molecule has 9 nitrogen and oxygen atoms in total. The van der Waals surface area contributed by atoms with Gasteiger partial charge in [-0.2, -0.15) is 0 Å². The van der Waals surface area contributed by atoms with Crippen molar-refractivity contribution < 1.29 is 13.9 Å². The van der Waals surface area contributed by atoms with Crippen molar-refractivity contribution in [3.63, 3.8) is 0 Å². The van der Waals surface area contributed by atoms with Crippen LogP contribution in [-0.4, -0.2) is 75.4 Å². The van der Waals surface area contributed by atoms with E-state index in [0.29, 0.717) is 49.3 Å². The number of halogens is 1. The fraction of sp³-hybridized carbons (Fsp3) is 0.406. The van der Waals surface area contributed by atoms with Crippen LogP contribution >= 0.6 is 0 Å². The van der Waals surface area contributed by atoms with E-state index >= 15 is 0 Å². The number of anilines is 1. The molecule has 1 aliphatic heterocycles. The first-order valence-electron chi connectivity index (χ1n) is 14.5. The fourth-order valence-electron chi connectivity index (χ4n) is 5.15. The average Bonchev–Trinajstić information content (AvgIpc) is 3.43. The highest BCUT2D eigenvalue weighted by Crippen LogP contribution is 2.25. The van der Waals surface area contributed by atoms with Gasteiger partial charge in [0.25, 0.3) is 0 Å². The molecule has 0 aliphatic carbocycles. The van der Waals surface area contributed by atoms with Crippen LogP contribution in [0, 0.1) is 12.7 Å². The molecule has 1 aliphatic rings. The van der Waals surface area contributed by atoms with Crippen molar-refractivity contribution in [1.29, 1.82) is 0 Å². The number of carbonyl (C=O) groups is 1. The van der Waals surface area contributed by atoms with E-state index in [4.69, 9.17) is 14.8 Å². The highest BCUT2D eigenvalue weighted by molar-refractivity contribution is 5.77. The summed E-state index contributed by atoms with van der Waals surface area (Å²) in [5.74, 6) is 1.93. The molecular formula is C32H38FN7O2. The first-order chi connectivity index (χ1) is 20.4. The van der Waals surface area contributed by atoms with E-state index in [1.165, 1.54) is 12.1 Å². The third-order valence-corrected chi connectivity index (χ3v) is 7.74. The largest absolute Gasteiger partial charge is 0.385 e. The quantitative estimate of drug-likeness (QED) is 0.231. The Morgan fingerprint density at radius 1 is 0.976 bits per heavy atom. The molecule has 4 aromatic rings. The lowest BCUT2D eigenvalue weighted by molar-refractivity contribution is -0.132. The predicted molar refractivity (Wildman–Crippen MR) is 161 cm³/mol. The van der Waals surface area contributed by atoms with Gasteiger partial charge in [-0.1, -0.05) is 43.2 Å². The molecule has 2 aromatic heterocycles. The molecule has 1 fully saturated rings. The van der Waals surface area contributed by atoms with Crippen LogP contribution in [0.1, 0.15) is 43.4 Å². The van der Waals surface area contributed by atoms with Crippen molar-refractivity contribution in [3.8, 4) is 22.8 Å². The molecule has 42 heavy (non-hydrogen) atoms. The molecule has 1 amide bonds. The molecular weight excluding hydrogens is 533 g/mol. The van der Waals surface area contributed by atoms with E-state index in [2.05, 4.69) is 27.9 Å². The zero-order valence-electron chi connectivity index (χ0n) is 24.5. The topological polar surface area (TPSA) is 89.3 Å². The Morgan fingerprint density at radius 2 is 1.69 bits per heavy atom. The van der Waals surface area contributed by atoms with Crippen LogP contribution in [-0.2, 0) is 16.1 Å². The molecule has 1 atom stereocenters. The third kappa shape index (κ3) is 7.17. The Bertz CT molecular complexity index is 1470. The van der Waals surface area contributed by atoms with Crippen LogP contribution in [0.3, 0.4) is 0 Å². The molecule has 10 heteroatoms. The van der Waals surface area contributed by atoms with Crippen LogP contribution in [0.25, 0.3) is 22.8 Å². The number of hydrogen-bond acceptors (Lipinski definition) is 7. The lowest BCUT2D eigenvalue weighted by Crippen LogP contribution is -2.50. The zero-order chi connectivity index (χ0) is 29.5. The van der Waals surface area contributed by atoms with Gasteiger partial charge in [0.1, 0.15) is 24.5 Å². The molecule has 1 unspecified atom stereocenters. The Kier molecular flexibility index (Phi) is 9.53. The number of benzene rings is 2. The van der Waals surface area contributed by atoms with Crippen molar-refractivity contribution in [2.45, 2.75) is 45.6 Å². The van der Waals surface area contributed by atoms with Gasteiger partial charge in [-0.3, -0.25) is 4.79 Å². The summed E-state index contributed by atoms with van der Waals surface area (Å²) in [6.07, 6.45) is 4.83. The smallest absolute Gasteiger partial charge is 0.244 e. The minimum Gasteiger partial charge on any atom is -0.385 e. The van der Waals surface area contributed by atoms with Gasteiger partial charge in [-0.15, -0.1) is 5.10 Å². The molecule has 0 spiro atoms. The van der Waals surface area contributed by atoms with Crippen molar-refractivity contribution in [2.75, 3.05) is 44.8 Å². The summed E-state index contributed by atoms with van der Waals surface area (Å²) in [5, 5.41) is 4.69. The number of amides is 1. The molecule has 0 bridgehead atoms. The Morgan fingerprint density at radius 3 is 2.40 bits per heavy atom. The number of unbranched alkanes of at least 4 members (excludes halogenated alkanes) is 1. The number of methoxy groups -OCH3 is 1. The first-order valence-corrected chi connectivity index (χ1v) is 14.5. The molecule has 0 saturated carbocycles. The molecule has 1 saturated heterocycles. The molecule has 5 rings (SSSR count). The van der Waals surface area contributed by atoms with Gasteiger partial charge in [-0.05, 0) is 49.9 Å². The van der Waals surface area contributed by atoms with E-state index in [-0.39, 0.29) is 18.3 Å². The first kappa shape index (κ1) is 29.3. The number of nitrogens with zero attached hydrogens (tertiary/aromatic N) is 7. The van der Waals surface area contributed by atoms with E-state index in [1.807, 2.05) is 36.1 Å². The van der Waals surface area contributed by atoms with Gasteiger partial charge in [0.15, 0.2) is 11.6 Å². The number of ether oxygens (including phenoxy) is 1. The Hall–Kier alpha value is -4.18. The Balaban J connectivity index is 1.25. The maximum absolute atomic E-state index is 13.6. The zero-order valence-corrected chi connectivity index (χ0v) is 24.5. The van der Waals surface area contributed by atoms with Crippen LogP contribution in [0.4, 0.5) is 10.2 Å². The summed E-state index contributed by atoms with van der Waals surface area (Å²) in [6.45, 7) is 7.57. The number of hydrogen-bond donors (Lipinski definition) is 0. The van der Waals surface area contributed by atoms with Crippen molar-refractivity contribution in [3.05, 3.63) is 78.0 Å². The van der Waals surface area contributed by atoms with Crippen LogP contribution < -0.4 is 4.90 Å². The maximum atomic E-state index is 13.6. The molecule has 220 valence electrons. The third-order valence-electron chi connectivity index (χ3n) is 7.74. The normalized spacial score (nSPS) is 14.3. The number of aromatic nitrogens is 5. The van der Waals surface area contributed by atoms with Crippen molar-refractivity contribution in [1.82, 2.24) is 29.6 Å². The van der Waals surface area contributed by atoms with Crippen molar-refractivity contribution >= 4 is 11.7 Å². The fourth-order valence-corrected chi connectivity index (χ4v) is 5.15. The summed E-state index contributed by atoms with van der Waals surface area (Å²) in [6, 6.07) is 16.1. The molecule has 0 radical (unpaired) electrons. The summed E-state index contributed by atoms with van der Waals surface area (Å²) in [4.78, 5) is 31.3. The minimum absolute atomic E-state index is 0.0357. The van der Waals surface area contributed by atoms with Gasteiger partial charge >= 0.3 is 0 Å². The average molecular weight is 572 g/mol. The standard InChI is InChI=1S/C32H38FN7O2/c1-23-7-9-25(10-8-23)31-36-32(26-11-13-27(33)14-12-26)40(37-31)21-30(41)39-17-15-38(16-18-39)29-20-28(34-22-35-29)24(2)6-4-5-19-42-3/h7-14,20,22,24H,4-6,15-19,21H2,1-3H3. The second-order valence-electron chi connectivity index (χ2n) is 10.8. The molecule has 2 aromatic carbocycles. The lowest BCUT2D eigenvalue weighted by Gasteiger charge is -2.35. The predicted octanol–water partition coefficient (Wildman–Crippen LogP) is 5.12. The SMILES string of the molecule is COCCCCC(C)c1cc(N2CCN(C(=O)Cn3nc(-c4ccc(C)cc4)nc3-c3ccc(F)cc3)CC2)ncn1.